The van der Waals surface area contributed by atoms with E-state index in [2.05, 4.69) is 44.9 Å². The molecule has 0 saturated heterocycles. The van der Waals surface area contributed by atoms with Gasteiger partial charge in [-0.3, -0.25) is 0 Å². The van der Waals surface area contributed by atoms with Crippen LogP contribution in [0, 0.1) is 12.3 Å². The lowest BCUT2D eigenvalue weighted by Gasteiger charge is -2.34. The Kier molecular flexibility index (Phi) is 2.94. The van der Waals surface area contributed by atoms with Crippen LogP contribution in [0.2, 0.25) is 0 Å². The first-order chi connectivity index (χ1) is 7.80. The first-order valence-corrected chi connectivity index (χ1v) is 6.39. The van der Waals surface area contributed by atoms with Crippen LogP contribution in [0.5, 0.6) is 0 Å². The highest BCUT2D eigenvalue weighted by atomic mass is 15.0. The number of fused-ring (bicyclic) bond motifs is 1. The van der Waals surface area contributed by atoms with E-state index in [1.54, 1.807) is 0 Å². The summed E-state index contributed by atoms with van der Waals surface area (Å²) in [6.07, 6.45) is 2.20. The third-order valence-corrected chi connectivity index (χ3v) is 3.70. The van der Waals surface area contributed by atoms with Gasteiger partial charge in [-0.15, -0.1) is 0 Å². The van der Waals surface area contributed by atoms with Gasteiger partial charge in [0, 0.05) is 24.0 Å². The highest BCUT2D eigenvalue weighted by Gasteiger charge is 2.33. The lowest BCUT2D eigenvalue weighted by molar-refractivity contribution is 0.275. The van der Waals surface area contributed by atoms with E-state index in [0.717, 1.165) is 19.4 Å². The monoisotopic (exact) mass is 232 g/mol. The Bertz CT molecular complexity index is 452. The number of aryl methyl sites for hydroxylation is 1. The van der Waals surface area contributed by atoms with E-state index in [0.29, 0.717) is 5.41 Å². The van der Waals surface area contributed by atoms with Crippen molar-refractivity contribution in [3.8, 4) is 0 Å². The fraction of sp³-hybridized carbons (Fsp3) is 0.600. The van der Waals surface area contributed by atoms with Crippen molar-refractivity contribution in [2.45, 2.75) is 53.1 Å². The number of allylic oxidation sites excluding steroid dienone is 1. The van der Waals surface area contributed by atoms with Crippen molar-refractivity contribution < 1.29 is 0 Å². The Morgan fingerprint density at radius 1 is 1.59 bits per heavy atom. The summed E-state index contributed by atoms with van der Waals surface area (Å²) in [7, 11) is 0. The van der Waals surface area contributed by atoms with Crippen LogP contribution < -0.4 is 5.73 Å². The molecule has 0 bridgehead atoms. The molecule has 1 atom stereocenters. The molecule has 2 N–H and O–H groups in total. The summed E-state index contributed by atoms with van der Waals surface area (Å²) < 4.78 is 2.39. The Morgan fingerprint density at radius 3 is 2.82 bits per heavy atom. The third-order valence-electron chi connectivity index (χ3n) is 3.70. The summed E-state index contributed by atoms with van der Waals surface area (Å²) in [5, 5.41) is 0. The lowest BCUT2D eigenvalue weighted by Crippen LogP contribution is -2.30. The summed E-state index contributed by atoms with van der Waals surface area (Å²) in [6.45, 7) is 13.8. The minimum absolute atomic E-state index is 0.193. The zero-order valence-corrected chi connectivity index (χ0v) is 11.5. The second-order valence-electron chi connectivity index (χ2n) is 6.38. The van der Waals surface area contributed by atoms with Crippen LogP contribution in [0.3, 0.4) is 0 Å². The Hall–Kier alpha value is -1.02. The van der Waals surface area contributed by atoms with Gasteiger partial charge in [-0.1, -0.05) is 26.0 Å². The standard InChI is InChI=1S/C15H24N2/c1-10(2)9-17-11(3)6-12-13(16)7-15(4,5)8-14(12)17/h6,13H,1,7-9,16H2,2-5H3. The fourth-order valence-electron chi connectivity index (χ4n) is 2.99. The van der Waals surface area contributed by atoms with Gasteiger partial charge in [-0.25, -0.2) is 0 Å². The molecule has 0 spiro atoms. The van der Waals surface area contributed by atoms with Gasteiger partial charge < -0.3 is 10.3 Å². The van der Waals surface area contributed by atoms with Crippen molar-refractivity contribution >= 4 is 0 Å². The number of nitrogens with zero attached hydrogens (tertiary/aromatic N) is 1. The van der Waals surface area contributed by atoms with Crippen LogP contribution >= 0.6 is 0 Å². The average Bonchev–Trinajstić information content (AvgIpc) is 2.43. The first kappa shape index (κ1) is 12.4. The van der Waals surface area contributed by atoms with Crippen molar-refractivity contribution in [1.29, 1.82) is 0 Å². The molecule has 0 amide bonds. The molecule has 2 heteroatoms. The Balaban J connectivity index is 2.47. The zero-order valence-electron chi connectivity index (χ0n) is 11.5. The maximum atomic E-state index is 6.30. The van der Waals surface area contributed by atoms with Gasteiger partial charge in [0.25, 0.3) is 0 Å². The molecular weight excluding hydrogens is 208 g/mol. The van der Waals surface area contributed by atoms with Crippen LogP contribution in [0.4, 0.5) is 0 Å². The van der Waals surface area contributed by atoms with E-state index in [-0.39, 0.29) is 6.04 Å². The minimum Gasteiger partial charge on any atom is -0.345 e. The van der Waals surface area contributed by atoms with Gasteiger partial charge in [0.15, 0.2) is 0 Å². The van der Waals surface area contributed by atoms with Crippen molar-refractivity contribution in [3.05, 3.63) is 35.2 Å². The molecule has 1 aromatic rings. The van der Waals surface area contributed by atoms with E-state index in [1.807, 2.05) is 0 Å². The quantitative estimate of drug-likeness (QED) is 0.779. The molecule has 0 aromatic carbocycles. The topological polar surface area (TPSA) is 30.9 Å². The summed E-state index contributed by atoms with van der Waals surface area (Å²) in [5.74, 6) is 0. The number of rotatable bonds is 2. The van der Waals surface area contributed by atoms with Gasteiger partial charge in [0.1, 0.15) is 0 Å². The van der Waals surface area contributed by atoms with Crippen molar-refractivity contribution in [2.24, 2.45) is 11.1 Å². The maximum absolute atomic E-state index is 6.30. The van der Waals surface area contributed by atoms with E-state index < -0.39 is 0 Å². The molecule has 1 aliphatic rings. The van der Waals surface area contributed by atoms with Gasteiger partial charge in [-0.05, 0) is 43.7 Å². The molecule has 94 valence electrons. The van der Waals surface area contributed by atoms with Crippen LogP contribution in [0.15, 0.2) is 18.2 Å². The Morgan fingerprint density at radius 2 is 2.24 bits per heavy atom. The molecule has 0 aliphatic heterocycles. The second-order valence-corrected chi connectivity index (χ2v) is 6.38. The molecular formula is C15H24N2. The molecule has 0 saturated carbocycles. The number of hydrogen-bond acceptors (Lipinski definition) is 1. The molecule has 1 unspecified atom stereocenters. The molecule has 17 heavy (non-hydrogen) atoms. The highest BCUT2D eigenvalue weighted by Crippen LogP contribution is 2.40. The minimum atomic E-state index is 0.193. The van der Waals surface area contributed by atoms with Gasteiger partial charge in [0.05, 0.1) is 0 Å². The predicted molar refractivity (Wildman–Crippen MR) is 73.0 cm³/mol. The fourth-order valence-corrected chi connectivity index (χ4v) is 2.99. The van der Waals surface area contributed by atoms with E-state index in [4.69, 9.17) is 5.73 Å². The summed E-state index contributed by atoms with van der Waals surface area (Å²) in [6, 6.07) is 2.46. The van der Waals surface area contributed by atoms with Gasteiger partial charge in [-0.2, -0.15) is 0 Å². The van der Waals surface area contributed by atoms with Crippen LogP contribution in [0.25, 0.3) is 0 Å². The SMILES string of the molecule is C=C(C)Cn1c(C)cc2c1CC(C)(C)CC2N. The predicted octanol–water partition coefficient (Wildman–Crippen LogP) is 3.34. The number of nitrogens with two attached hydrogens (primary N) is 1. The molecule has 1 heterocycles. The normalized spacial score (nSPS) is 22.3. The van der Waals surface area contributed by atoms with E-state index >= 15 is 0 Å². The largest absolute Gasteiger partial charge is 0.345 e. The highest BCUT2D eigenvalue weighted by molar-refractivity contribution is 5.34. The molecule has 0 fully saturated rings. The first-order valence-electron chi connectivity index (χ1n) is 6.39. The van der Waals surface area contributed by atoms with Crippen LogP contribution in [0.1, 0.15) is 50.2 Å². The van der Waals surface area contributed by atoms with Gasteiger partial charge in [0.2, 0.25) is 0 Å². The molecule has 2 rings (SSSR count). The molecule has 1 aliphatic carbocycles. The van der Waals surface area contributed by atoms with Crippen molar-refractivity contribution in [1.82, 2.24) is 4.57 Å². The third kappa shape index (κ3) is 2.32. The maximum Gasteiger partial charge on any atom is 0.0429 e. The molecule has 2 nitrogen and oxygen atoms in total. The van der Waals surface area contributed by atoms with E-state index in [1.165, 1.54) is 22.5 Å². The van der Waals surface area contributed by atoms with Gasteiger partial charge >= 0.3 is 0 Å². The van der Waals surface area contributed by atoms with Crippen LogP contribution in [-0.4, -0.2) is 4.57 Å². The number of aromatic nitrogens is 1. The lowest BCUT2D eigenvalue weighted by atomic mass is 9.74. The zero-order chi connectivity index (χ0) is 12.8. The second kappa shape index (κ2) is 4.02. The summed E-state index contributed by atoms with van der Waals surface area (Å²) in [5.41, 5.74) is 11.9. The average molecular weight is 232 g/mol. The van der Waals surface area contributed by atoms with Crippen LogP contribution in [-0.2, 0) is 13.0 Å². The summed E-state index contributed by atoms with van der Waals surface area (Å²) in [4.78, 5) is 0. The van der Waals surface area contributed by atoms with E-state index in [9.17, 15) is 0 Å². The number of hydrogen-bond donors (Lipinski definition) is 1. The Labute approximate surface area is 105 Å². The smallest absolute Gasteiger partial charge is 0.0429 e. The summed E-state index contributed by atoms with van der Waals surface area (Å²) >= 11 is 0. The van der Waals surface area contributed by atoms with Crippen molar-refractivity contribution in [2.75, 3.05) is 0 Å². The van der Waals surface area contributed by atoms with Crippen molar-refractivity contribution in [3.63, 3.8) is 0 Å². The molecule has 1 aromatic heterocycles. The molecule has 0 radical (unpaired) electrons.